The molecule has 12 nitrogen and oxygen atoms in total. The Morgan fingerprint density at radius 1 is 1.08 bits per heavy atom. The molecule has 2 saturated heterocycles. The van der Waals surface area contributed by atoms with Gasteiger partial charge in [-0.1, -0.05) is 12.1 Å². The molecule has 0 amide bonds. The van der Waals surface area contributed by atoms with Crippen LogP contribution in [-0.2, 0) is 20.8 Å². The fourth-order valence-corrected chi connectivity index (χ4v) is 6.66. The van der Waals surface area contributed by atoms with Crippen molar-refractivity contribution in [3.05, 3.63) is 77.6 Å². The number of rotatable bonds is 12. The molecule has 4 heterocycles. The van der Waals surface area contributed by atoms with Gasteiger partial charge in [0.05, 0.1) is 30.0 Å². The number of fused-ring (bicyclic) bond motifs is 1. The van der Waals surface area contributed by atoms with E-state index in [9.17, 15) is 22.7 Å². The van der Waals surface area contributed by atoms with Gasteiger partial charge in [-0.3, -0.25) is 13.9 Å². The number of hydrogen-bond acceptors (Lipinski definition) is 9. The Hall–Kier alpha value is -4.35. The molecule has 6 rings (SSSR count). The molecule has 2 atom stereocenters. The molecule has 2 aliphatic rings. The van der Waals surface area contributed by atoms with E-state index in [1.807, 2.05) is 24.3 Å². The van der Waals surface area contributed by atoms with E-state index in [0.717, 1.165) is 54.6 Å². The van der Waals surface area contributed by atoms with E-state index < -0.39 is 52.1 Å². The maximum absolute atomic E-state index is 15.8. The number of alkyl halides is 1. The Labute approximate surface area is 276 Å². The number of carboxylic acid groups (broad SMARTS) is 1. The number of aliphatic carboxylic acids is 1. The lowest BCUT2D eigenvalue weighted by Crippen LogP contribution is -2.47. The van der Waals surface area contributed by atoms with Gasteiger partial charge in [0.15, 0.2) is 5.82 Å². The summed E-state index contributed by atoms with van der Waals surface area (Å²) in [6.45, 7) is 3.57. The predicted octanol–water partition coefficient (Wildman–Crippen LogP) is 3.52. The van der Waals surface area contributed by atoms with Crippen LogP contribution < -0.4 is 9.31 Å². The van der Waals surface area contributed by atoms with Crippen molar-refractivity contribution in [3.63, 3.8) is 0 Å². The fourth-order valence-electron chi connectivity index (χ4n) is 6.02. The van der Waals surface area contributed by atoms with Gasteiger partial charge < -0.3 is 24.3 Å². The highest BCUT2D eigenvalue weighted by molar-refractivity contribution is 7.80. The van der Waals surface area contributed by atoms with Crippen LogP contribution in [0, 0.1) is 11.6 Å². The van der Waals surface area contributed by atoms with E-state index in [2.05, 4.69) is 19.8 Å². The van der Waals surface area contributed by atoms with Gasteiger partial charge >= 0.3 is 5.97 Å². The standard InChI is InChI=1S/C32H33F3N6O6S/c33-22-7-8-40(18-22)41(48(45)46)27-6-5-26(34)29(30(27)35)31(44)25-17-37-32-24(25)15-21(16-36-32)20-1-3-23(4-2-20)39-11-9-38(10-12-39)13-14-47-19-28(42)43/h1-6,15-17,22H,7-14,18-19H2,(H,36,37)(H,42,43)(H,45,46)/p-1/t22-/m1/s1. The fraction of sp³-hybridized carbons (Fsp3) is 0.344. The number of carboxylic acids is 1. The van der Waals surface area contributed by atoms with Crippen molar-refractivity contribution in [2.45, 2.75) is 12.6 Å². The van der Waals surface area contributed by atoms with Crippen LogP contribution in [0.1, 0.15) is 22.3 Å². The maximum atomic E-state index is 15.8. The van der Waals surface area contributed by atoms with Crippen molar-refractivity contribution in [3.8, 4) is 11.1 Å². The number of nitrogens with zero attached hydrogens (tertiary/aromatic N) is 5. The van der Waals surface area contributed by atoms with Crippen molar-refractivity contribution < 1.29 is 41.4 Å². The summed E-state index contributed by atoms with van der Waals surface area (Å²) in [6.07, 6.45) is 1.64. The van der Waals surface area contributed by atoms with Crippen LogP contribution >= 0.6 is 0 Å². The minimum Gasteiger partial charge on any atom is -0.754 e. The summed E-state index contributed by atoms with van der Waals surface area (Å²) in [7, 11) is 0. The van der Waals surface area contributed by atoms with Gasteiger partial charge in [0.1, 0.15) is 29.9 Å². The van der Waals surface area contributed by atoms with Gasteiger partial charge in [0, 0.05) is 73.9 Å². The summed E-state index contributed by atoms with van der Waals surface area (Å²) in [5.74, 6) is -4.56. The topological polar surface area (TPSA) is 145 Å². The van der Waals surface area contributed by atoms with Crippen LogP contribution in [0.4, 0.5) is 24.5 Å². The lowest BCUT2D eigenvalue weighted by Gasteiger charge is -2.36. The average molecular weight is 686 g/mol. The van der Waals surface area contributed by atoms with Crippen molar-refractivity contribution in [1.29, 1.82) is 0 Å². The number of pyridine rings is 1. The van der Waals surface area contributed by atoms with E-state index >= 15 is 8.78 Å². The quantitative estimate of drug-likeness (QED) is 0.129. The van der Waals surface area contributed by atoms with Gasteiger partial charge in [-0.05, 0) is 42.3 Å². The highest BCUT2D eigenvalue weighted by Crippen LogP contribution is 2.33. The van der Waals surface area contributed by atoms with E-state index in [0.29, 0.717) is 34.2 Å². The van der Waals surface area contributed by atoms with Gasteiger partial charge in [0.25, 0.3) is 0 Å². The van der Waals surface area contributed by atoms with Crippen LogP contribution in [0.5, 0.6) is 0 Å². The second-order valence-corrected chi connectivity index (χ2v) is 12.3. The predicted molar refractivity (Wildman–Crippen MR) is 171 cm³/mol. The first-order valence-electron chi connectivity index (χ1n) is 15.3. The van der Waals surface area contributed by atoms with Crippen LogP contribution in [-0.4, -0.2) is 111 Å². The molecular weight excluding hydrogens is 653 g/mol. The summed E-state index contributed by atoms with van der Waals surface area (Å²) in [6, 6.07) is 11.2. The second-order valence-electron chi connectivity index (χ2n) is 11.5. The summed E-state index contributed by atoms with van der Waals surface area (Å²) in [5, 5.41) is 10.1. The molecule has 2 aromatic carbocycles. The number of anilines is 2. The first-order valence-corrected chi connectivity index (χ1v) is 16.3. The minimum atomic E-state index is -3.06. The van der Waals surface area contributed by atoms with Crippen molar-refractivity contribution in [1.82, 2.24) is 19.9 Å². The molecular formula is C32H32F3N6O6S-. The number of carbonyl (C=O) groups excluding carboxylic acids is 1. The SMILES string of the molecule is O=C(O)COCCN1CCN(c2ccc(-c3cnc4[nH]cc(C(=O)c5c(F)ccc(N(N6CC[C@@H](F)C6)S(=O)[O-])c5F)c4c3)cc2)CC1. The first kappa shape index (κ1) is 33.5. The number of hydrazine groups is 1. The number of ether oxygens (including phenoxy) is 1. The third-order valence-electron chi connectivity index (χ3n) is 8.50. The molecule has 2 N–H and O–H groups in total. The van der Waals surface area contributed by atoms with Crippen LogP contribution in [0.2, 0.25) is 0 Å². The van der Waals surface area contributed by atoms with E-state index in [4.69, 9.17) is 9.84 Å². The molecule has 4 aromatic rings. The third kappa shape index (κ3) is 7.07. The molecule has 254 valence electrons. The smallest absolute Gasteiger partial charge is 0.329 e. The molecule has 2 aromatic heterocycles. The maximum Gasteiger partial charge on any atom is 0.329 e. The lowest BCUT2D eigenvalue weighted by molar-refractivity contribution is -0.142. The van der Waals surface area contributed by atoms with Crippen LogP contribution in [0.3, 0.4) is 0 Å². The number of ketones is 1. The number of benzene rings is 2. The molecule has 48 heavy (non-hydrogen) atoms. The molecule has 1 unspecified atom stereocenters. The normalized spacial score (nSPS) is 18.0. The highest BCUT2D eigenvalue weighted by Gasteiger charge is 2.32. The number of carbonyl (C=O) groups is 2. The monoisotopic (exact) mass is 685 g/mol. The minimum absolute atomic E-state index is 0.00281. The Kier molecular flexibility index (Phi) is 10.1. The Bertz CT molecular complexity index is 1840. The Morgan fingerprint density at radius 3 is 2.50 bits per heavy atom. The van der Waals surface area contributed by atoms with Gasteiger partial charge in [0.2, 0.25) is 5.78 Å². The largest absolute Gasteiger partial charge is 0.754 e. The molecule has 16 heteroatoms. The highest BCUT2D eigenvalue weighted by atomic mass is 32.2. The number of nitrogens with one attached hydrogen (secondary N) is 1. The summed E-state index contributed by atoms with van der Waals surface area (Å²) in [5.41, 5.74) is 1.20. The molecule has 0 aliphatic carbocycles. The Balaban J connectivity index is 1.19. The van der Waals surface area contributed by atoms with Crippen molar-refractivity contribution >= 4 is 45.4 Å². The number of hydrogen-bond donors (Lipinski definition) is 2. The summed E-state index contributed by atoms with van der Waals surface area (Å²) < 4.78 is 74.5. The molecule has 0 spiro atoms. The molecule has 2 fully saturated rings. The number of aromatic amines is 1. The molecule has 2 aliphatic heterocycles. The third-order valence-corrected chi connectivity index (χ3v) is 9.21. The van der Waals surface area contributed by atoms with E-state index in [1.165, 1.54) is 6.20 Å². The summed E-state index contributed by atoms with van der Waals surface area (Å²) in [4.78, 5) is 36.0. The van der Waals surface area contributed by atoms with Crippen molar-refractivity contribution in [2.75, 3.05) is 68.3 Å². The molecule has 0 radical (unpaired) electrons. The molecule has 0 bridgehead atoms. The zero-order valence-electron chi connectivity index (χ0n) is 25.6. The van der Waals surface area contributed by atoms with Gasteiger partial charge in [-0.25, -0.2) is 32.4 Å². The first-order chi connectivity index (χ1) is 23.1. The number of aromatic nitrogens is 2. The second kappa shape index (κ2) is 14.4. The van der Waals surface area contributed by atoms with Crippen LogP contribution in [0.25, 0.3) is 22.2 Å². The van der Waals surface area contributed by atoms with Crippen LogP contribution in [0.15, 0.2) is 54.9 Å². The number of piperazine rings is 1. The average Bonchev–Trinajstić information content (AvgIpc) is 3.70. The van der Waals surface area contributed by atoms with E-state index in [-0.39, 0.29) is 31.7 Å². The Morgan fingerprint density at radius 2 is 1.83 bits per heavy atom. The van der Waals surface area contributed by atoms with Gasteiger partial charge in [-0.15, -0.1) is 0 Å². The zero-order valence-corrected chi connectivity index (χ0v) is 26.4. The van der Waals surface area contributed by atoms with Gasteiger partial charge in [-0.2, -0.15) is 0 Å². The lowest BCUT2D eigenvalue weighted by atomic mass is 9.99. The zero-order chi connectivity index (χ0) is 33.9. The number of halogens is 3. The van der Waals surface area contributed by atoms with Crippen molar-refractivity contribution in [2.24, 2.45) is 0 Å². The number of H-pyrrole nitrogens is 1. The molecule has 0 saturated carbocycles. The summed E-state index contributed by atoms with van der Waals surface area (Å²) >= 11 is -3.06. The van der Waals surface area contributed by atoms with E-state index in [1.54, 1.807) is 12.3 Å².